The van der Waals surface area contributed by atoms with Crippen LogP contribution in [0.5, 0.6) is 11.5 Å². The molecule has 0 unspecified atom stereocenters. The summed E-state index contributed by atoms with van der Waals surface area (Å²) < 4.78 is 20.2. The highest BCUT2D eigenvalue weighted by atomic mass is 79.9. The fourth-order valence-corrected chi connectivity index (χ4v) is 5.20. The number of rotatable bonds is 8. The molecule has 0 amide bonds. The molecule has 0 saturated carbocycles. The minimum atomic E-state index is -0.331. The van der Waals surface area contributed by atoms with Gasteiger partial charge in [-0.15, -0.1) is 0 Å². The first-order valence-corrected chi connectivity index (χ1v) is 14.5. The van der Waals surface area contributed by atoms with Crippen LogP contribution in [0.15, 0.2) is 104 Å². The van der Waals surface area contributed by atoms with Gasteiger partial charge in [-0.25, -0.2) is 4.98 Å². The van der Waals surface area contributed by atoms with E-state index in [0.29, 0.717) is 57.5 Å². The van der Waals surface area contributed by atoms with Crippen LogP contribution in [0.1, 0.15) is 23.6 Å². The zero-order valence-corrected chi connectivity index (χ0v) is 25.1. The van der Waals surface area contributed by atoms with E-state index in [4.69, 9.17) is 30.5 Å². The summed E-state index contributed by atoms with van der Waals surface area (Å²) in [4.78, 5) is 18.4. The lowest BCUT2D eigenvalue weighted by Gasteiger charge is -2.14. The van der Waals surface area contributed by atoms with Crippen molar-refractivity contribution >= 4 is 55.6 Å². The zero-order chi connectivity index (χ0) is 29.2. The third-order valence-electron chi connectivity index (χ3n) is 6.61. The maximum atomic E-state index is 13.6. The molecule has 6 aromatic rings. The molecule has 0 atom stereocenters. The van der Waals surface area contributed by atoms with Crippen molar-refractivity contribution in [3.63, 3.8) is 0 Å². The summed E-state index contributed by atoms with van der Waals surface area (Å²) in [5.41, 5.74) is 3.68. The van der Waals surface area contributed by atoms with Gasteiger partial charge in [0.25, 0.3) is 5.56 Å². The topological polar surface area (TPSA) is 78.9 Å². The van der Waals surface area contributed by atoms with Gasteiger partial charge >= 0.3 is 0 Å². The molecule has 210 valence electrons. The molecule has 2 heterocycles. The number of ether oxygens (including phenoxy) is 2. The Labute approximate surface area is 255 Å². The first-order chi connectivity index (χ1) is 20.4. The molecule has 9 heteroatoms. The summed E-state index contributed by atoms with van der Waals surface area (Å²) in [7, 11) is 0. The summed E-state index contributed by atoms with van der Waals surface area (Å²) in [6.07, 6.45) is 1.54. The third-order valence-corrected chi connectivity index (χ3v) is 7.38. The highest BCUT2D eigenvalue weighted by Crippen LogP contribution is 2.37. The number of hydrogen-bond acceptors (Lipinski definition) is 6. The molecular weight excluding hydrogens is 618 g/mol. The van der Waals surface area contributed by atoms with Crippen LogP contribution in [0.3, 0.4) is 0 Å². The van der Waals surface area contributed by atoms with Crippen LogP contribution in [0.25, 0.3) is 33.5 Å². The van der Waals surface area contributed by atoms with Gasteiger partial charge in [0.05, 0.1) is 28.7 Å². The van der Waals surface area contributed by atoms with Crippen LogP contribution >= 0.6 is 27.5 Å². The Morgan fingerprint density at radius 2 is 1.83 bits per heavy atom. The SMILES string of the molecule is CCOc1cc(C=Nn2c(-c3cc4cc(Br)ccc4o3)nc3ccccc3c2=O)cc(Cl)c1OCc1ccc(C)cc1. The van der Waals surface area contributed by atoms with Crippen LogP contribution in [-0.2, 0) is 6.61 Å². The van der Waals surface area contributed by atoms with Gasteiger partial charge in [-0.3, -0.25) is 4.79 Å². The molecule has 0 spiro atoms. The van der Waals surface area contributed by atoms with Gasteiger partial charge in [-0.05, 0) is 73.5 Å². The lowest BCUT2D eigenvalue weighted by molar-refractivity contribution is 0.269. The molecule has 2 aromatic heterocycles. The standard InChI is InChI=1S/C33H25BrClN3O4/c1-3-40-29-15-22(14-26(35)31(29)41-19-21-10-8-20(2)9-11-21)18-36-38-32(37-27-7-5-4-6-25(27)33(38)39)30-17-23-16-24(34)12-13-28(23)42-30/h4-18H,3,19H2,1-2H3. The summed E-state index contributed by atoms with van der Waals surface area (Å²) in [6.45, 7) is 4.67. The molecule has 0 radical (unpaired) electrons. The van der Waals surface area contributed by atoms with Gasteiger partial charge in [0.15, 0.2) is 17.3 Å². The molecule has 0 bridgehead atoms. The molecular formula is C33H25BrClN3O4. The second-order valence-electron chi connectivity index (χ2n) is 9.64. The first kappa shape index (κ1) is 27.8. The fraction of sp³-hybridized carbons (Fsp3) is 0.121. The van der Waals surface area contributed by atoms with Gasteiger partial charge in [0, 0.05) is 9.86 Å². The molecule has 42 heavy (non-hydrogen) atoms. The molecule has 0 fully saturated rings. The van der Waals surface area contributed by atoms with Crippen molar-refractivity contribution in [2.24, 2.45) is 5.10 Å². The number of fused-ring (bicyclic) bond motifs is 2. The maximum Gasteiger partial charge on any atom is 0.282 e. The first-order valence-electron chi connectivity index (χ1n) is 13.3. The number of furan rings is 1. The van der Waals surface area contributed by atoms with Crippen molar-refractivity contribution in [3.8, 4) is 23.1 Å². The Morgan fingerprint density at radius 3 is 2.64 bits per heavy atom. The molecule has 6 rings (SSSR count). The lowest BCUT2D eigenvalue weighted by Crippen LogP contribution is -2.20. The zero-order valence-electron chi connectivity index (χ0n) is 22.8. The average molecular weight is 643 g/mol. The molecule has 0 aliphatic rings. The second-order valence-corrected chi connectivity index (χ2v) is 11.0. The van der Waals surface area contributed by atoms with Crippen molar-refractivity contribution in [2.75, 3.05) is 6.61 Å². The Hall–Kier alpha value is -4.40. The van der Waals surface area contributed by atoms with Crippen LogP contribution in [0.4, 0.5) is 0 Å². The maximum absolute atomic E-state index is 13.6. The van der Waals surface area contributed by atoms with E-state index in [1.54, 1.807) is 36.5 Å². The Balaban J connectivity index is 1.40. The van der Waals surface area contributed by atoms with Gasteiger partial charge in [0.1, 0.15) is 12.2 Å². The Bertz CT molecular complexity index is 2020. The summed E-state index contributed by atoms with van der Waals surface area (Å²) in [5.74, 6) is 1.60. The van der Waals surface area contributed by atoms with E-state index in [1.807, 2.05) is 68.4 Å². The second kappa shape index (κ2) is 11.8. The lowest BCUT2D eigenvalue weighted by atomic mass is 10.1. The van der Waals surface area contributed by atoms with E-state index in [-0.39, 0.29) is 11.4 Å². The monoisotopic (exact) mass is 641 g/mol. The van der Waals surface area contributed by atoms with E-state index in [2.05, 4.69) is 21.0 Å². The number of nitrogens with zero attached hydrogens (tertiary/aromatic N) is 3. The van der Waals surface area contributed by atoms with E-state index in [9.17, 15) is 4.79 Å². The number of halogens is 2. The Morgan fingerprint density at radius 1 is 1.02 bits per heavy atom. The quantitative estimate of drug-likeness (QED) is 0.156. The van der Waals surface area contributed by atoms with Crippen molar-refractivity contribution in [1.29, 1.82) is 0 Å². The van der Waals surface area contributed by atoms with Crippen molar-refractivity contribution < 1.29 is 13.9 Å². The van der Waals surface area contributed by atoms with Gasteiger partial charge in [-0.1, -0.05) is 69.5 Å². The smallest absolute Gasteiger partial charge is 0.282 e. The highest BCUT2D eigenvalue weighted by Gasteiger charge is 2.17. The van der Waals surface area contributed by atoms with Gasteiger partial charge in [0.2, 0.25) is 5.82 Å². The Kier molecular flexibility index (Phi) is 7.82. The van der Waals surface area contributed by atoms with Gasteiger partial charge < -0.3 is 13.9 Å². The van der Waals surface area contributed by atoms with Gasteiger partial charge in [-0.2, -0.15) is 9.78 Å². The largest absolute Gasteiger partial charge is 0.490 e. The number of para-hydroxylation sites is 1. The number of benzene rings is 4. The molecule has 0 N–H and O–H groups in total. The molecule has 0 aliphatic carbocycles. The molecule has 0 aliphatic heterocycles. The third kappa shape index (κ3) is 5.68. The molecule has 7 nitrogen and oxygen atoms in total. The summed E-state index contributed by atoms with van der Waals surface area (Å²) in [5, 5.41) is 6.22. The van der Waals surface area contributed by atoms with Crippen LogP contribution in [0.2, 0.25) is 5.02 Å². The minimum absolute atomic E-state index is 0.274. The molecule has 0 saturated heterocycles. The van der Waals surface area contributed by atoms with E-state index in [0.717, 1.165) is 15.4 Å². The molecule has 4 aromatic carbocycles. The predicted octanol–water partition coefficient (Wildman–Crippen LogP) is 8.39. The number of aromatic nitrogens is 2. The normalized spacial score (nSPS) is 11.5. The highest BCUT2D eigenvalue weighted by molar-refractivity contribution is 9.10. The van der Waals surface area contributed by atoms with Crippen molar-refractivity contribution in [1.82, 2.24) is 9.66 Å². The van der Waals surface area contributed by atoms with Crippen molar-refractivity contribution in [2.45, 2.75) is 20.5 Å². The van der Waals surface area contributed by atoms with Crippen LogP contribution in [0, 0.1) is 6.92 Å². The number of hydrogen-bond donors (Lipinski definition) is 0. The van der Waals surface area contributed by atoms with E-state index in [1.165, 1.54) is 10.2 Å². The summed E-state index contributed by atoms with van der Waals surface area (Å²) in [6, 6.07) is 26.3. The van der Waals surface area contributed by atoms with Crippen molar-refractivity contribution in [3.05, 3.63) is 121 Å². The summed E-state index contributed by atoms with van der Waals surface area (Å²) >= 11 is 10.2. The van der Waals surface area contributed by atoms with E-state index < -0.39 is 0 Å². The number of aryl methyl sites for hydroxylation is 1. The minimum Gasteiger partial charge on any atom is -0.490 e. The fourth-order valence-electron chi connectivity index (χ4n) is 4.54. The average Bonchev–Trinajstić information content (AvgIpc) is 3.40. The predicted molar refractivity (Wildman–Crippen MR) is 170 cm³/mol. The van der Waals surface area contributed by atoms with Crippen LogP contribution in [-0.4, -0.2) is 22.5 Å². The van der Waals surface area contributed by atoms with Crippen LogP contribution < -0.4 is 15.0 Å². The van der Waals surface area contributed by atoms with E-state index >= 15 is 0 Å².